The van der Waals surface area contributed by atoms with Crippen LogP contribution >= 0.6 is 11.8 Å². The van der Waals surface area contributed by atoms with E-state index in [-0.39, 0.29) is 12.5 Å². The predicted octanol–water partition coefficient (Wildman–Crippen LogP) is 2.18. The zero-order chi connectivity index (χ0) is 13.5. The van der Waals surface area contributed by atoms with Gasteiger partial charge in [-0.15, -0.1) is 11.8 Å². The van der Waals surface area contributed by atoms with Gasteiger partial charge in [0, 0.05) is 18.6 Å². The number of rotatable bonds is 5. The van der Waals surface area contributed by atoms with Gasteiger partial charge in [-0.2, -0.15) is 0 Å². The van der Waals surface area contributed by atoms with E-state index in [1.54, 1.807) is 7.11 Å². The Labute approximate surface area is 118 Å². The van der Waals surface area contributed by atoms with E-state index in [2.05, 4.69) is 6.07 Å². The SMILES string of the molecule is COCCOCC(=O)N1CCCSc2ccccc21. The molecule has 0 bridgehead atoms. The van der Waals surface area contributed by atoms with E-state index in [4.69, 9.17) is 9.47 Å². The van der Waals surface area contributed by atoms with Crippen molar-refractivity contribution in [3.05, 3.63) is 24.3 Å². The number of thioether (sulfide) groups is 1. The lowest BCUT2D eigenvalue weighted by Crippen LogP contribution is -2.35. The first-order valence-corrected chi connectivity index (χ1v) is 7.40. The summed E-state index contributed by atoms with van der Waals surface area (Å²) in [5, 5.41) is 0. The normalized spacial score (nSPS) is 14.9. The van der Waals surface area contributed by atoms with Crippen LogP contribution in [0.5, 0.6) is 0 Å². The molecule has 1 amide bonds. The minimum Gasteiger partial charge on any atom is -0.382 e. The number of methoxy groups -OCH3 is 1. The van der Waals surface area contributed by atoms with Crippen molar-refractivity contribution in [1.29, 1.82) is 0 Å². The predicted molar refractivity (Wildman–Crippen MR) is 76.8 cm³/mol. The van der Waals surface area contributed by atoms with E-state index in [9.17, 15) is 4.79 Å². The summed E-state index contributed by atoms with van der Waals surface area (Å²) in [5.41, 5.74) is 1.00. The number of hydrogen-bond acceptors (Lipinski definition) is 4. The maximum Gasteiger partial charge on any atom is 0.253 e. The Morgan fingerprint density at radius 3 is 3.05 bits per heavy atom. The molecule has 0 fully saturated rings. The van der Waals surface area contributed by atoms with E-state index in [0.29, 0.717) is 13.2 Å². The third-order valence-corrected chi connectivity index (χ3v) is 4.05. The van der Waals surface area contributed by atoms with Gasteiger partial charge >= 0.3 is 0 Å². The molecule has 0 saturated heterocycles. The Balaban J connectivity index is 2.00. The van der Waals surface area contributed by atoms with Gasteiger partial charge in [-0.05, 0) is 24.3 Å². The largest absolute Gasteiger partial charge is 0.382 e. The average molecular weight is 281 g/mol. The summed E-state index contributed by atoms with van der Waals surface area (Å²) in [7, 11) is 1.62. The molecule has 0 aromatic heterocycles. The molecular weight excluding hydrogens is 262 g/mol. The highest BCUT2D eigenvalue weighted by molar-refractivity contribution is 7.99. The molecule has 0 radical (unpaired) electrons. The molecular formula is C14H19NO3S. The zero-order valence-electron chi connectivity index (χ0n) is 11.1. The molecule has 1 aromatic carbocycles. The summed E-state index contributed by atoms with van der Waals surface area (Å²) in [5.74, 6) is 1.07. The van der Waals surface area contributed by atoms with Crippen LogP contribution in [0.3, 0.4) is 0 Å². The number of carbonyl (C=O) groups is 1. The van der Waals surface area contributed by atoms with Crippen LogP contribution in [0.25, 0.3) is 0 Å². The monoisotopic (exact) mass is 281 g/mol. The second-order valence-electron chi connectivity index (χ2n) is 4.26. The van der Waals surface area contributed by atoms with Gasteiger partial charge in [-0.25, -0.2) is 0 Å². The molecule has 1 aromatic rings. The quantitative estimate of drug-likeness (QED) is 0.775. The molecule has 2 rings (SSSR count). The Morgan fingerprint density at radius 2 is 2.21 bits per heavy atom. The molecule has 0 N–H and O–H groups in total. The summed E-state index contributed by atoms with van der Waals surface area (Å²) in [4.78, 5) is 15.2. The fourth-order valence-electron chi connectivity index (χ4n) is 1.97. The maximum atomic E-state index is 12.2. The maximum absolute atomic E-state index is 12.2. The van der Waals surface area contributed by atoms with Crippen LogP contribution in [-0.4, -0.2) is 45.1 Å². The second-order valence-corrected chi connectivity index (χ2v) is 5.40. The van der Waals surface area contributed by atoms with E-state index < -0.39 is 0 Å². The van der Waals surface area contributed by atoms with Gasteiger partial charge in [0.1, 0.15) is 6.61 Å². The number of benzene rings is 1. The molecule has 0 atom stereocenters. The average Bonchev–Trinajstić information content (AvgIpc) is 2.66. The van der Waals surface area contributed by atoms with E-state index in [0.717, 1.165) is 24.4 Å². The molecule has 1 aliphatic rings. The number of ether oxygens (including phenoxy) is 2. The highest BCUT2D eigenvalue weighted by atomic mass is 32.2. The number of nitrogens with zero attached hydrogens (tertiary/aromatic N) is 1. The number of anilines is 1. The number of para-hydroxylation sites is 1. The van der Waals surface area contributed by atoms with Crippen LogP contribution in [0, 0.1) is 0 Å². The van der Waals surface area contributed by atoms with Crippen LogP contribution in [0.1, 0.15) is 6.42 Å². The second kappa shape index (κ2) is 7.53. The summed E-state index contributed by atoms with van der Waals surface area (Å²) >= 11 is 1.81. The first-order chi connectivity index (χ1) is 9.33. The lowest BCUT2D eigenvalue weighted by Gasteiger charge is -2.22. The van der Waals surface area contributed by atoms with Crippen LogP contribution in [-0.2, 0) is 14.3 Å². The molecule has 0 unspecified atom stereocenters. The minimum absolute atomic E-state index is 0.0195. The van der Waals surface area contributed by atoms with E-state index in [1.807, 2.05) is 34.9 Å². The fraction of sp³-hybridized carbons (Fsp3) is 0.500. The number of hydrogen-bond donors (Lipinski definition) is 0. The topological polar surface area (TPSA) is 38.8 Å². The lowest BCUT2D eigenvalue weighted by atomic mass is 10.2. The van der Waals surface area contributed by atoms with Crippen molar-refractivity contribution in [2.24, 2.45) is 0 Å². The van der Waals surface area contributed by atoms with E-state index in [1.165, 1.54) is 4.90 Å². The van der Waals surface area contributed by atoms with Gasteiger partial charge in [0.2, 0.25) is 0 Å². The third-order valence-electron chi connectivity index (χ3n) is 2.90. The Morgan fingerprint density at radius 1 is 1.37 bits per heavy atom. The summed E-state index contributed by atoms with van der Waals surface area (Å²) < 4.78 is 10.2. The molecule has 1 aliphatic heterocycles. The first kappa shape index (κ1) is 14.4. The fourth-order valence-corrected chi connectivity index (χ4v) is 2.96. The standard InChI is InChI=1S/C14H19NO3S/c1-17-8-9-18-11-14(16)15-7-4-10-19-13-6-3-2-5-12(13)15/h2-3,5-6H,4,7-11H2,1H3. The van der Waals surface area contributed by atoms with Crippen LogP contribution in [0.15, 0.2) is 29.2 Å². The van der Waals surface area contributed by atoms with Gasteiger partial charge < -0.3 is 14.4 Å². The third kappa shape index (κ3) is 3.96. The minimum atomic E-state index is 0.0195. The van der Waals surface area contributed by atoms with Crippen molar-refractivity contribution in [2.45, 2.75) is 11.3 Å². The summed E-state index contributed by atoms with van der Waals surface area (Å²) in [6.45, 7) is 1.84. The van der Waals surface area contributed by atoms with Gasteiger partial charge in [0.15, 0.2) is 0 Å². The number of amides is 1. The molecule has 19 heavy (non-hydrogen) atoms. The Kier molecular flexibility index (Phi) is 5.69. The molecule has 0 aliphatic carbocycles. The Hall–Kier alpha value is -1.04. The van der Waals surface area contributed by atoms with Gasteiger partial charge in [-0.1, -0.05) is 12.1 Å². The molecule has 1 heterocycles. The highest BCUT2D eigenvalue weighted by Crippen LogP contribution is 2.33. The first-order valence-electron chi connectivity index (χ1n) is 6.42. The highest BCUT2D eigenvalue weighted by Gasteiger charge is 2.20. The number of fused-ring (bicyclic) bond motifs is 1. The zero-order valence-corrected chi connectivity index (χ0v) is 11.9. The van der Waals surface area contributed by atoms with Crippen molar-refractivity contribution in [3.8, 4) is 0 Å². The number of carbonyl (C=O) groups excluding carboxylic acids is 1. The van der Waals surface area contributed by atoms with Gasteiger partial charge in [-0.3, -0.25) is 4.79 Å². The van der Waals surface area contributed by atoms with Crippen molar-refractivity contribution in [1.82, 2.24) is 0 Å². The van der Waals surface area contributed by atoms with Crippen molar-refractivity contribution < 1.29 is 14.3 Å². The molecule has 5 heteroatoms. The Bertz CT molecular complexity index is 425. The summed E-state index contributed by atoms with van der Waals surface area (Å²) in [6.07, 6.45) is 1.00. The van der Waals surface area contributed by atoms with Crippen molar-refractivity contribution >= 4 is 23.4 Å². The van der Waals surface area contributed by atoms with Crippen LogP contribution in [0.4, 0.5) is 5.69 Å². The van der Waals surface area contributed by atoms with E-state index >= 15 is 0 Å². The molecule has 0 spiro atoms. The lowest BCUT2D eigenvalue weighted by molar-refractivity contribution is -0.123. The van der Waals surface area contributed by atoms with Crippen LogP contribution in [0.2, 0.25) is 0 Å². The van der Waals surface area contributed by atoms with Crippen LogP contribution < -0.4 is 4.90 Å². The van der Waals surface area contributed by atoms with Gasteiger partial charge in [0.05, 0.1) is 18.9 Å². The molecule has 104 valence electrons. The molecule has 0 saturated carbocycles. The smallest absolute Gasteiger partial charge is 0.253 e. The van der Waals surface area contributed by atoms with Crippen molar-refractivity contribution in [3.63, 3.8) is 0 Å². The van der Waals surface area contributed by atoms with Gasteiger partial charge in [0.25, 0.3) is 5.91 Å². The molecule has 4 nitrogen and oxygen atoms in total. The van der Waals surface area contributed by atoms with Crippen molar-refractivity contribution in [2.75, 3.05) is 44.1 Å². The summed E-state index contributed by atoms with van der Waals surface area (Å²) in [6, 6.07) is 8.05.